The van der Waals surface area contributed by atoms with Crippen LogP contribution in [0.3, 0.4) is 0 Å². The molecule has 0 aliphatic carbocycles. The van der Waals surface area contributed by atoms with Crippen molar-refractivity contribution in [3.05, 3.63) is 54.1 Å². The maximum atomic E-state index is 12.3. The molecule has 1 heterocycles. The zero-order chi connectivity index (χ0) is 20.3. The van der Waals surface area contributed by atoms with E-state index in [1.54, 1.807) is 12.1 Å². The first-order valence-electron chi connectivity index (χ1n) is 8.83. The lowest BCUT2D eigenvalue weighted by atomic mass is 9.95. The van der Waals surface area contributed by atoms with Gasteiger partial charge in [-0.05, 0) is 23.3 Å². The number of aliphatic hydroxyl groups is 4. The summed E-state index contributed by atoms with van der Waals surface area (Å²) >= 11 is 0. The predicted octanol–water partition coefficient (Wildman–Crippen LogP) is 0.0986. The molecule has 0 saturated carbocycles. The van der Waals surface area contributed by atoms with E-state index in [2.05, 4.69) is 5.32 Å². The minimum Gasteiger partial charge on any atom is -0.436 e. The average Bonchev–Trinajstić information content (AvgIpc) is 2.73. The zero-order valence-electron chi connectivity index (χ0n) is 15.3. The van der Waals surface area contributed by atoms with E-state index in [-0.39, 0.29) is 17.9 Å². The van der Waals surface area contributed by atoms with Gasteiger partial charge < -0.3 is 35.2 Å². The Hall–Kier alpha value is -2.49. The van der Waals surface area contributed by atoms with Gasteiger partial charge in [-0.2, -0.15) is 0 Å². The number of amides is 1. The van der Waals surface area contributed by atoms with Crippen molar-refractivity contribution in [1.82, 2.24) is 5.32 Å². The lowest BCUT2D eigenvalue weighted by Crippen LogP contribution is -2.62. The van der Waals surface area contributed by atoms with Crippen LogP contribution in [0.1, 0.15) is 10.4 Å². The first kappa shape index (κ1) is 20.2. The van der Waals surface area contributed by atoms with E-state index >= 15 is 0 Å². The van der Waals surface area contributed by atoms with Crippen LogP contribution in [0.4, 0.5) is 0 Å². The van der Waals surface area contributed by atoms with E-state index in [1.165, 1.54) is 13.1 Å². The maximum absolute atomic E-state index is 12.3. The monoisotopic (exact) mass is 389 g/mol. The fourth-order valence-corrected chi connectivity index (χ4v) is 3.03. The number of hydrogen-bond acceptors (Lipinski definition) is 7. The number of carbonyl (C=O) groups is 1. The number of rotatable bonds is 5. The van der Waals surface area contributed by atoms with Gasteiger partial charge in [0, 0.05) is 13.0 Å². The summed E-state index contributed by atoms with van der Waals surface area (Å²) < 4.78 is 10.6. The molecule has 2 aromatic rings. The Labute approximate surface area is 162 Å². The summed E-state index contributed by atoms with van der Waals surface area (Å²) in [6.07, 6.45) is -3.31. The standard InChI is InChI=1S/C20H23NO7/c1-21-19(25)15-9-13(12-5-3-2-4-6-12)7-8-16(15)28-20(26)18(24)17(23)14(10-22)11-27-20/h2-9,14,17-18,22-24,26H,10-11H2,1H3,(H,21,25). The number of ether oxygens (including phenoxy) is 2. The molecule has 1 fully saturated rings. The lowest BCUT2D eigenvalue weighted by molar-refractivity contribution is -0.398. The zero-order valence-corrected chi connectivity index (χ0v) is 15.3. The second-order valence-electron chi connectivity index (χ2n) is 6.58. The Morgan fingerprint density at radius 1 is 1.21 bits per heavy atom. The van der Waals surface area contributed by atoms with Gasteiger partial charge in [0.25, 0.3) is 5.91 Å². The average molecular weight is 389 g/mol. The summed E-state index contributed by atoms with van der Waals surface area (Å²) in [6, 6.07) is 14.2. The number of carbonyl (C=O) groups excluding carboxylic acids is 1. The van der Waals surface area contributed by atoms with Crippen molar-refractivity contribution in [2.24, 2.45) is 5.92 Å². The second-order valence-corrected chi connectivity index (χ2v) is 6.58. The van der Waals surface area contributed by atoms with Crippen molar-refractivity contribution in [3.63, 3.8) is 0 Å². The van der Waals surface area contributed by atoms with Crippen LogP contribution in [0.25, 0.3) is 11.1 Å². The molecule has 0 radical (unpaired) electrons. The Kier molecular flexibility index (Phi) is 5.97. The Bertz CT molecular complexity index is 829. The number of benzene rings is 2. The van der Waals surface area contributed by atoms with Gasteiger partial charge in [-0.25, -0.2) is 0 Å². The topological polar surface area (TPSA) is 128 Å². The molecule has 3 rings (SSSR count). The van der Waals surface area contributed by atoms with E-state index < -0.39 is 36.6 Å². The SMILES string of the molecule is CNC(=O)c1cc(-c2ccccc2)ccc1OC1(O)OCC(CO)C(O)C1O. The third-order valence-corrected chi connectivity index (χ3v) is 4.73. The molecule has 1 amide bonds. The Morgan fingerprint density at radius 2 is 1.93 bits per heavy atom. The largest absolute Gasteiger partial charge is 0.436 e. The fraction of sp³-hybridized carbons (Fsp3) is 0.350. The third kappa shape index (κ3) is 3.87. The van der Waals surface area contributed by atoms with Gasteiger partial charge in [0.2, 0.25) is 0 Å². The van der Waals surface area contributed by atoms with Crippen LogP contribution < -0.4 is 10.1 Å². The second kappa shape index (κ2) is 8.26. The summed E-state index contributed by atoms with van der Waals surface area (Å²) in [7, 11) is 1.46. The molecule has 4 unspecified atom stereocenters. The van der Waals surface area contributed by atoms with Gasteiger partial charge in [-0.3, -0.25) is 4.79 Å². The maximum Gasteiger partial charge on any atom is 0.354 e. The highest BCUT2D eigenvalue weighted by molar-refractivity contribution is 5.98. The molecule has 4 atom stereocenters. The van der Waals surface area contributed by atoms with Crippen LogP contribution in [0, 0.1) is 5.92 Å². The highest BCUT2D eigenvalue weighted by Gasteiger charge is 2.51. The lowest BCUT2D eigenvalue weighted by Gasteiger charge is -2.41. The fourth-order valence-electron chi connectivity index (χ4n) is 3.03. The molecule has 8 heteroatoms. The Morgan fingerprint density at radius 3 is 2.57 bits per heavy atom. The van der Waals surface area contributed by atoms with E-state index in [9.17, 15) is 25.2 Å². The summed E-state index contributed by atoms with van der Waals surface area (Å²) in [4.78, 5) is 12.3. The minimum atomic E-state index is -2.57. The van der Waals surface area contributed by atoms with Crippen LogP contribution >= 0.6 is 0 Å². The van der Waals surface area contributed by atoms with Crippen LogP contribution in [0.2, 0.25) is 0 Å². The molecule has 0 bridgehead atoms. The predicted molar refractivity (Wildman–Crippen MR) is 99.4 cm³/mol. The van der Waals surface area contributed by atoms with Gasteiger partial charge in [0.05, 0.1) is 24.9 Å². The van der Waals surface area contributed by atoms with Crippen molar-refractivity contribution in [3.8, 4) is 16.9 Å². The van der Waals surface area contributed by atoms with Gasteiger partial charge in [0.15, 0.2) is 6.10 Å². The molecule has 0 aromatic heterocycles. The molecule has 5 N–H and O–H groups in total. The van der Waals surface area contributed by atoms with Crippen molar-refractivity contribution >= 4 is 5.91 Å². The third-order valence-electron chi connectivity index (χ3n) is 4.73. The minimum absolute atomic E-state index is 0.0322. The smallest absolute Gasteiger partial charge is 0.354 e. The van der Waals surface area contributed by atoms with Crippen LogP contribution in [-0.2, 0) is 4.74 Å². The van der Waals surface area contributed by atoms with Gasteiger partial charge in [-0.1, -0.05) is 36.4 Å². The molecule has 2 aromatic carbocycles. The first-order chi connectivity index (χ1) is 13.4. The highest BCUT2D eigenvalue weighted by Crippen LogP contribution is 2.33. The van der Waals surface area contributed by atoms with Gasteiger partial charge in [-0.15, -0.1) is 0 Å². The molecule has 0 spiro atoms. The van der Waals surface area contributed by atoms with Crippen molar-refractivity contribution < 1.29 is 34.7 Å². The van der Waals surface area contributed by atoms with E-state index in [0.717, 1.165) is 11.1 Å². The molecule has 150 valence electrons. The molecular formula is C20H23NO7. The van der Waals surface area contributed by atoms with Crippen molar-refractivity contribution in [1.29, 1.82) is 0 Å². The Balaban J connectivity index is 1.94. The summed E-state index contributed by atoms with van der Waals surface area (Å²) in [5, 5.41) is 42.6. The first-order valence-corrected chi connectivity index (χ1v) is 8.83. The van der Waals surface area contributed by atoms with E-state index in [4.69, 9.17) is 9.47 Å². The van der Waals surface area contributed by atoms with Crippen LogP contribution in [-0.4, -0.2) is 64.8 Å². The van der Waals surface area contributed by atoms with Crippen molar-refractivity contribution in [2.75, 3.05) is 20.3 Å². The van der Waals surface area contributed by atoms with Gasteiger partial charge >= 0.3 is 5.97 Å². The number of nitrogens with one attached hydrogen (secondary N) is 1. The van der Waals surface area contributed by atoms with E-state index in [0.29, 0.717) is 0 Å². The molecule has 28 heavy (non-hydrogen) atoms. The van der Waals surface area contributed by atoms with E-state index in [1.807, 2.05) is 30.3 Å². The summed E-state index contributed by atoms with van der Waals surface area (Å²) in [6.45, 7) is -0.661. The van der Waals surface area contributed by atoms with Gasteiger partial charge in [0.1, 0.15) is 5.75 Å². The van der Waals surface area contributed by atoms with Crippen LogP contribution in [0.5, 0.6) is 5.75 Å². The summed E-state index contributed by atoms with van der Waals surface area (Å²) in [5.41, 5.74) is 1.75. The van der Waals surface area contributed by atoms with Crippen molar-refractivity contribution in [2.45, 2.75) is 18.2 Å². The summed E-state index contributed by atoms with van der Waals surface area (Å²) in [5.74, 6) is -3.83. The molecule has 1 aliphatic heterocycles. The number of hydrogen-bond donors (Lipinski definition) is 5. The number of aliphatic hydroxyl groups excluding tert-OH is 3. The highest BCUT2D eigenvalue weighted by atomic mass is 16.8. The molecule has 8 nitrogen and oxygen atoms in total. The normalized spacial score (nSPS) is 27.2. The van der Waals surface area contributed by atoms with Crippen LogP contribution in [0.15, 0.2) is 48.5 Å². The molecular weight excluding hydrogens is 366 g/mol. The molecule has 1 saturated heterocycles. The molecule has 1 aliphatic rings. The quantitative estimate of drug-likeness (QED) is 0.459.